The Kier molecular flexibility index (Phi) is 5.19. The Morgan fingerprint density at radius 2 is 1.91 bits per heavy atom. The molecule has 0 aliphatic heterocycles. The average Bonchev–Trinajstić information content (AvgIpc) is 2.89. The minimum Gasteiger partial charge on any atom is -0.466 e. The number of hydrogen-bond acceptors (Lipinski definition) is 4. The van der Waals surface area contributed by atoms with Crippen molar-refractivity contribution in [2.75, 3.05) is 6.61 Å². The summed E-state index contributed by atoms with van der Waals surface area (Å²) in [5.74, 6) is -0.709. The Morgan fingerprint density at radius 3 is 2.43 bits per heavy atom. The number of hydrogen-bond donors (Lipinski definition) is 0. The molecule has 0 saturated heterocycles. The molecule has 4 nitrogen and oxygen atoms in total. The zero-order valence-electron chi connectivity index (χ0n) is 13.5. The summed E-state index contributed by atoms with van der Waals surface area (Å²) in [4.78, 5) is 11.9. The lowest BCUT2D eigenvalue weighted by Crippen LogP contribution is -2.27. The molecular weight excluding hydrogens is 288 g/mol. The van der Waals surface area contributed by atoms with E-state index in [-0.39, 0.29) is 18.3 Å². The van der Waals surface area contributed by atoms with Gasteiger partial charge in [-0.3, -0.25) is 4.79 Å². The largest absolute Gasteiger partial charge is 0.466 e. The first kappa shape index (κ1) is 16.8. The van der Waals surface area contributed by atoms with Crippen LogP contribution in [0, 0.1) is 34.0 Å². The zero-order valence-corrected chi connectivity index (χ0v) is 13.5. The molecule has 0 bridgehead atoms. The highest BCUT2D eigenvalue weighted by Gasteiger charge is 2.50. The molecule has 4 heteroatoms. The topological polar surface area (TPSA) is 73.9 Å². The van der Waals surface area contributed by atoms with Crippen molar-refractivity contribution >= 4 is 11.5 Å². The van der Waals surface area contributed by atoms with Crippen LogP contribution in [0.3, 0.4) is 0 Å². The van der Waals surface area contributed by atoms with Crippen LogP contribution < -0.4 is 0 Å². The maximum atomic E-state index is 11.9. The van der Waals surface area contributed by atoms with Gasteiger partial charge in [-0.05, 0) is 30.9 Å². The third-order valence-corrected chi connectivity index (χ3v) is 4.41. The van der Waals surface area contributed by atoms with Gasteiger partial charge in [-0.15, -0.1) is 0 Å². The highest BCUT2D eigenvalue weighted by atomic mass is 16.5. The molecule has 1 aromatic rings. The standard InChI is InChI=1S/C19H20N2O2/c1-3-14-10-16(11-17(22)23-4-2)19(12-20,13-21)18(14)15-8-6-5-7-9-15/h5-9,16H,3-4,10-11H2,1-2H3. The molecular formula is C19H20N2O2. The molecule has 0 spiro atoms. The van der Waals surface area contributed by atoms with Crippen molar-refractivity contribution in [3.63, 3.8) is 0 Å². The molecule has 0 aromatic heterocycles. The molecule has 1 atom stereocenters. The average molecular weight is 308 g/mol. The smallest absolute Gasteiger partial charge is 0.306 e. The van der Waals surface area contributed by atoms with E-state index in [0.717, 1.165) is 23.1 Å². The minimum absolute atomic E-state index is 0.0921. The minimum atomic E-state index is -1.29. The second kappa shape index (κ2) is 7.11. The second-order valence-electron chi connectivity index (χ2n) is 5.64. The van der Waals surface area contributed by atoms with Gasteiger partial charge in [-0.25, -0.2) is 0 Å². The summed E-state index contributed by atoms with van der Waals surface area (Å²) in [6.45, 7) is 4.07. The number of rotatable bonds is 5. The SMILES string of the molecule is CCOC(=O)CC1CC(CC)=C(c2ccccc2)C1(C#N)C#N. The number of carbonyl (C=O) groups is 1. The fourth-order valence-electron chi connectivity index (χ4n) is 3.36. The van der Waals surface area contributed by atoms with Crippen LogP contribution in [0.4, 0.5) is 0 Å². The Morgan fingerprint density at radius 1 is 1.26 bits per heavy atom. The summed E-state index contributed by atoms with van der Waals surface area (Å²) in [7, 11) is 0. The molecule has 0 amide bonds. The highest BCUT2D eigenvalue weighted by molar-refractivity contribution is 5.82. The van der Waals surface area contributed by atoms with E-state index >= 15 is 0 Å². The molecule has 0 radical (unpaired) electrons. The normalized spacial score (nSPS) is 19.0. The van der Waals surface area contributed by atoms with Crippen LogP contribution in [0.5, 0.6) is 0 Å². The molecule has 1 aliphatic carbocycles. The van der Waals surface area contributed by atoms with Gasteiger partial charge < -0.3 is 4.74 Å². The number of nitriles is 2. The highest BCUT2D eigenvalue weighted by Crippen LogP contribution is 2.53. The lowest BCUT2D eigenvalue weighted by molar-refractivity contribution is -0.144. The predicted molar refractivity (Wildman–Crippen MR) is 86.7 cm³/mol. The van der Waals surface area contributed by atoms with Crippen LogP contribution in [0.2, 0.25) is 0 Å². The van der Waals surface area contributed by atoms with Crippen molar-refractivity contribution in [1.29, 1.82) is 10.5 Å². The van der Waals surface area contributed by atoms with E-state index in [1.54, 1.807) is 6.92 Å². The van der Waals surface area contributed by atoms with E-state index < -0.39 is 5.41 Å². The van der Waals surface area contributed by atoms with Gasteiger partial charge in [-0.1, -0.05) is 42.8 Å². The molecule has 0 fully saturated rings. The first-order chi connectivity index (χ1) is 11.1. The van der Waals surface area contributed by atoms with E-state index in [9.17, 15) is 15.3 Å². The lowest BCUT2D eigenvalue weighted by atomic mass is 9.72. The van der Waals surface area contributed by atoms with Crippen molar-refractivity contribution in [1.82, 2.24) is 0 Å². The van der Waals surface area contributed by atoms with E-state index in [1.165, 1.54) is 0 Å². The predicted octanol–water partition coefficient (Wildman–Crippen LogP) is 3.86. The zero-order chi connectivity index (χ0) is 16.9. The maximum Gasteiger partial charge on any atom is 0.306 e. The Balaban J connectivity index is 2.48. The van der Waals surface area contributed by atoms with Gasteiger partial charge in [0.25, 0.3) is 0 Å². The van der Waals surface area contributed by atoms with Gasteiger partial charge in [0.2, 0.25) is 0 Å². The van der Waals surface area contributed by atoms with Crippen LogP contribution in [0.1, 0.15) is 38.7 Å². The fraction of sp³-hybridized carbons (Fsp3) is 0.421. The van der Waals surface area contributed by atoms with Gasteiger partial charge in [0.15, 0.2) is 5.41 Å². The Bertz CT molecular complexity index is 678. The first-order valence-electron chi connectivity index (χ1n) is 7.88. The third kappa shape index (κ3) is 2.98. The molecule has 0 N–H and O–H groups in total. The van der Waals surface area contributed by atoms with E-state index in [0.29, 0.717) is 13.0 Å². The third-order valence-electron chi connectivity index (χ3n) is 4.41. The van der Waals surface area contributed by atoms with Crippen molar-refractivity contribution in [3.8, 4) is 12.1 Å². The van der Waals surface area contributed by atoms with Gasteiger partial charge >= 0.3 is 5.97 Å². The number of esters is 1. The van der Waals surface area contributed by atoms with Crippen molar-refractivity contribution < 1.29 is 9.53 Å². The van der Waals surface area contributed by atoms with E-state index in [4.69, 9.17) is 4.74 Å². The van der Waals surface area contributed by atoms with Crippen molar-refractivity contribution in [2.45, 2.75) is 33.1 Å². The van der Waals surface area contributed by atoms with Crippen LogP contribution in [-0.4, -0.2) is 12.6 Å². The number of carbonyl (C=O) groups excluding carboxylic acids is 1. The van der Waals surface area contributed by atoms with Gasteiger partial charge in [-0.2, -0.15) is 10.5 Å². The Hall–Kier alpha value is -2.59. The molecule has 0 saturated carbocycles. The fourth-order valence-corrected chi connectivity index (χ4v) is 3.36. The summed E-state index contributed by atoms with van der Waals surface area (Å²) in [5, 5.41) is 19.6. The summed E-state index contributed by atoms with van der Waals surface area (Å²) < 4.78 is 5.02. The van der Waals surface area contributed by atoms with Gasteiger partial charge in [0.1, 0.15) is 0 Å². The van der Waals surface area contributed by atoms with Crippen LogP contribution in [0.25, 0.3) is 5.57 Å². The lowest BCUT2D eigenvalue weighted by Gasteiger charge is -2.24. The van der Waals surface area contributed by atoms with Crippen molar-refractivity contribution in [2.24, 2.45) is 11.3 Å². The van der Waals surface area contributed by atoms with Crippen molar-refractivity contribution in [3.05, 3.63) is 41.5 Å². The monoisotopic (exact) mass is 308 g/mol. The quantitative estimate of drug-likeness (QED) is 0.774. The van der Waals surface area contributed by atoms with E-state index in [2.05, 4.69) is 12.1 Å². The van der Waals surface area contributed by atoms with Crippen LogP contribution in [0.15, 0.2) is 35.9 Å². The number of allylic oxidation sites excluding steroid dienone is 2. The second-order valence-corrected chi connectivity index (χ2v) is 5.64. The summed E-state index contributed by atoms with van der Waals surface area (Å²) >= 11 is 0. The molecule has 118 valence electrons. The molecule has 1 unspecified atom stereocenters. The molecule has 1 aromatic carbocycles. The van der Waals surface area contributed by atoms with Gasteiger partial charge in [0.05, 0.1) is 25.2 Å². The molecule has 1 aliphatic rings. The number of benzene rings is 1. The first-order valence-corrected chi connectivity index (χ1v) is 7.88. The summed E-state index contributed by atoms with van der Waals surface area (Å²) in [6, 6.07) is 14.0. The Labute approximate surface area is 137 Å². The van der Waals surface area contributed by atoms with Crippen LogP contribution >= 0.6 is 0 Å². The molecule has 23 heavy (non-hydrogen) atoms. The van der Waals surface area contributed by atoms with E-state index in [1.807, 2.05) is 37.3 Å². The molecule has 0 heterocycles. The summed E-state index contributed by atoms with van der Waals surface area (Å²) in [6.07, 6.45) is 1.43. The maximum absolute atomic E-state index is 11.9. The van der Waals surface area contributed by atoms with Gasteiger partial charge in [0, 0.05) is 5.92 Å². The summed E-state index contributed by atoms with van der Waals surface area (Å²) in [5.41, 5.74) is 1.45. The number of nitrogens with zero attached hydrogens (tertiary/aromatic N) is 2. The van der Waals surface area contributed by atoms with Crippen LogP contribution in [-0.2, 0) is 9.53 Å². The number of ether oxygens (including phenoxy) is 1. The molecule has 2 rings (SSSR count).